The van der Waals surface area contributed by atoms with Crippen LogP contribution in [0.15, 0.2) is 48.5 Å². The second-order valence-corrected chi connectivity index (χ2v) is 7.35. The van der Waals surface area contributed by atoms with Gasteiger partial charge in [-0.1, -0.05) is 42.5 Å². The fourth-order valence-electron chi connectivity index (χ4n) is 4.01. The van der Waals surface area contributed by atoms with Crippen molar-refractivity contribution in [1.29, 1.82) is 0 Å². The second-order valence-electron chi connectivity index (χ2n) is 7.35. The molecular formula is C22H26N2O2. The smallest absolute Gasteiger partial charge is 0.224 e. The van der Waals surface area contributed by atoms with Gasteiger partial charge in [0.15, 0.2) is 0 Å². The summed E-state index contributed by atoms with van der Waals surface area (Å²) in [6, 6.07) is 17.3. The summed E-state index contributed by atoms with van der Waals surface area (Å²) in [4.78, 5) is 14.9. The minimum Gasteiger partial charge on any atom is -0.493 e. The standard InChI is InChI=1S/C22H26N2O2/c1-16(18-5-3-2-4-6-18)24-11-9-20(15-24)23-22(25)14-17-7-8-21-19(13-17)10-12-26-21/h2-8,13,16,20H,9-12,14-15H2,1H3,(H,23,25). The molecule has 0 saturated carbocycles. The van der Waals surface area contributed by atoms with Crippen molar-refractivity contribution in [3.8, 4) is 5.75 Å². The summed E-state index contributed by atoms with van der Waals surface area (Å²) in [5.41, 5.74) is 3.62. The number of nitrogens with one attached hydrogen (secondary N) is 1. The Kier molecular flexibility index (Phi) is 4.93. The Balaban J connectivity index is 1.30. The molecule has 1 N–H and O–H groups in total. The first-order valence-corrected chi connectivity index (χ1v) is 9.52. The molecule has 0 bridgehead atoms. The van der Waals surface area contributed by atoms with E-state index in [-0.39, 0.29) is 11.9 Å². The van der Waals surface area contributed by atoms with Crippen LogP contribution in [0.2, 0.25) is 0 Å². The number of hydrogen-bond donors (Lipinski definition) is 1. The van der Waals surface area contributed by atoms with Gasteiger partial charge in [-0.3, -0.25) is 9.69 Å². The first-order valence-electron chi connectivity index (χ1n) is 9.52. The van der Waals surface area contributed by atoms with Gasteiger partial charge >= 0.3 is 0 Å². The molecule has 4 nitrogen and oxygen atoms in total. The summed E-state index contributed by atoms with van der Waals surface area (Å²) in [6.45, 7) is 4.94. The first kappa shape index (κ1) is 17.1. The van der Waals surface area contributed by atoms with Crippen LogP contribution in [0.25, 0.3) is 0 Å². The van der Waals surface area contributed by atoms with Crippen molar-refractivity contribution in [2.45, 2.75) is 38.3 Å². The van der Waals surface area contributed by atoms with Gasteiger partial charge in [-0.25, -0.2) is 0 Å². The summed E-state index contributed by atoms with van der Waals surface area (Å²) >= 11 is 0. The van der Waals surface area contributed by atoms with Crippen molar-refractivity contribution >= 4 is 5.91 Å². The number of nitrogens with zero attached hydrogens (tertiary/aromatic N) is 1. The van der Waals surface area contributed by atoms with E-state index in [1.807, 2.05) is 18.2 Å². The lowest BCUT2D eigenvalue weighted by Crippen LogP contribution is -2.38. The average Bonchev–Trinajstić information content (AvgIpc) is 3.30. The molecule has 4 heteroatoms. The summed E-state index contributed by atoms with van der Waals surface area (Å²) in [5, 5.41) is 3.22. The molecule has 2 aliphatic rings. The maximum Gasteiger partial charge on any atom is 0.224 e. The Labute approximate surface area is 155 Å². The van der Waals surface area contributed by atoms with E-state index in [0.717, 1.165) is 43.9 Å². The fraction of sp³-hybridized carbons (Fsp3) is 0.409. The molecule has 1 fully saturated rings. The lowest BCUT2D eigenvalue weighted by atomic mass is 10.1. The number of carbonyl (C=O) groups is 1. The van der Waals surface area contributed by atoms with Crippen LogP contribution < -0.4 is 10.1 Å². The maximum absolute atomic E-state index is 12.5. The second kappa shape index (κ2) is 7.50. The predicted octanol–water partition coefficient (Wildman–Crippen LogP) is 3.12. The maximum atomic E-state index is 12.5. The number of fused-ring (bicyclic) bond motifs is 1. The van der Waals surface area contributed by atoms with E-state index in [1.54, 1.807) is 0 Å². The van der Waals surface area contributed by atoms with Gasteiger partial charge in [0.1, 0.15) is 5.75 Å². The zero-order valence-corrected chi connectivity index (χ0v) is 15.3. The van der Waals surface area contributed by atoms with E-state index in [1.165, 1.54) is 11.1 Å². The molecule has 0 aromatic heterocycles. The number of likely N-dealkylation sites (tertiary alicyclic amines) is 1. The van der Waals surface area contributed by atoms with Crippen LogP contribution in [0.1, 0.15) is 36.1 Å². The van der Waals surface area contributed by atoms with Crippen LogP contribution in [0.5, 0.6) is 5.75 Å². The van der Waals surface area contributed by atoms with Gasteiger partial charge in [0.2, 0.25) is 5.91 Å². The van der Waals surface area contributed by atoms with E-state index >= 15 is 0 Å². The highest BCUT2D eigenvalue weighted by molar-refractivity contribution is 5.79. The van der Waals surface area contributed by atoms with Gasteiger partial charge in [0.05, 0.1) is 13.0 Å². The van der Waals surface area contributed by atoms with Crippen molar-refractivity contribution in [3.05, 3.63) is 65.2 Å². The van der Waals surface area contributed by atoms with Crippen LogP contribution in [0.4, 0.5) is 0 Å². The molecule has 2 heterocycles. The summed E-state index contributed by atoms with van der Waals surface area (Å²) in [7, 11) is 0. The van der Waals surface area contributed by atoms with Gasteiger partial charge in [0, 0.05) is 31.6 Å². The molecular weight excluding hydrogens is 324 g/mol. The lowest BCUT2D eigenvalue weighted by Gasteiger charge is -2.24. The third kappa shape index (κ3) is 3.75. The van der Waals surface area contributed by atoms with E-state index in [4.69, 9.17) is 4.74 Å². The largest absolute Gasteiger partial charge is 0.493 e. The third-order valence-electron chi connectivity index (χ3n) is 5.53. The molecule has 2 aliphatic heterocycles. The Morgan fingerprint density at radius 2 is 2.12 bits per heavy atom. The van der Waals surface area contributed by atoms with Crippen LogP contribution in [0.3, 0.4) is 0 Å². The van der Waals surface area contributed by atoms with E-state index in [2.05, 4.69) is 47.5 Å². The predicted molar refractivity (Wildman–Crippen MR) is 102 cm³/mol. The highest BCUT2D eigenvalue weighted by Gasteiger charge is 2.27. The Hall–Kier alpha value is -2.33. The molecule has 0 aliphatic carbocycles. The van der Waals surface area contributed by atoms with Crippen LogP contribution in [-0.2, 0) is 17.6 Å². The quantitative estimate of drug-likeness (QED) is 0.901. The number of ether oxygens (including phenoxy) is 1. The normalized spacial score (nSPS) is 20.4. The Bertz CT molecular complexity index is 775. The van der Waals surface area contributed by atoms with Crippen molar-refractivity contribution < 1.29 is 9.53 Å². The minimum absolute atomic E-state index is 0.114. The molecule has 0 radical (unpaired) electrons. The molecule has 2 aromatic carbocycles. The molecule has 4 rings (SSSR count). The summed E-state index contributed by atoms with van der Waals surface area (Å²) in [5.74, 6) is 1.08. The monoisotopic (exact) mass is 350 g/mol. The molecule has 26 heavy (non-hydrogen) atoms. The van der Waals surface area contributed by atoms with Crippen molar-refractivity contribution in [1.82, 2.24) is 10.2 Å². The average molecular weight is 350 g/mol. The highest BCUT2D eigenvalue weighted by Crippen LogP contribution is 2.26. The SMILES string of the molecule is CC(c1ccccc1)N1CCC(NC(=O)Cc2ccc3c(c2)CCO3)C1. The highest BCUT2D eigenvalue weighted by atomic mass is 16.5. The lowest BCUT2D eigenvalue weighted by molar-refractivity contribution is -0.121. The topological polar surface area (TPSA) is 41.6 Å². The van der Waals surface area contributed by atoms with E-state index in [9.17, 15) is 4.79 Å². The first-order chi connectivity index (χ1) is 12.7. The number of hydrogen-bond acceptors (Lipinski definition) is 3. The van der Waals surface area contributed by atoms with Gasteiger partial charge in [-0.2, -0.15) is 0 Å². The minimum atomic E-state index is 0.114. The number of benzene rings is 2. The molecule has 2 atom stereocenters. The fourth-order valence-corrected chi connectivity index (χ4v) is 4.01. The van der Waals surface area contributed by atoms with Crippen LogP contribution >= 0.6 is 0 Å². The molecule has 1 amide bonds. The number of carbonyl (C=O) groups excluding carboxylic acids is 1. The zero-order chi connectivity index (χ0) is 17.9. The Morgan fingerprint density at radius 1 is 1.27 bits per heavy atom. The summed E-state index contributed by atoms with van der Waals surface area (Å²) in [6.07, 6.45) is 2.40. The molecule has 0 spiro atoms. The van der Waals surface area contributed by atoms with Crippen molar-refractivity contribution in [2.75, 3.05) is 19.7 Å². The Morgan fingerprint density at radius 3 is 2.96 bits per heavy atom. The molecule has 136 valence electrons. The third-order valence-corrected chi connectivity index (χ3v) is 5.53. The van der Waals surface area contributed by atoms with E-state index < -0.39 is 0 Å². The van der Waals surface area contributed by atoms with Gasteiger partial charge < -0.3 is 10.1 Å². The van der Waals surface area contributed by atoms with Crippen LogP contribution in [-0.4, -0.2) is 36.5 Å². The van der Waals surface area contributed by atoms with Crippen molar-refractivity contribution in [3.63, 3.8) is 0 Å². The number of rotatable bonds is 5. The van der Waals surface area contributed by atoms with Gasteiger partial charge in [-0.15, -0.1) is 0 Å². The van der Waals surface area contributed by atoms with Crippen molar-refractivity contribution in [2.24, 2.45) is 0 Å². The van der Waals surface area contributed by atoms with Gasteiger partial charge in [-0.05, 0) is 36.1 Å². The summed E-state index contributed by atoms with van der Waals surface area (Å²) < 4.78 is 5.53. The van der Waals surface area contributed by atoms with E-state index in [0.29, 0.717) is 12.5 Å². The number of amides is 1. The van der Waals surface area contributed by atoms with Gasteiger partial charge in [0.25, 0.3) is 0 Å². The molecule has 1 saturated heterocycles. The molecule has 2 unspecified atom stereocenters. The van der Waals surface area contributed by atoms with Crippen LogP contribution in [0, 0.1) is 0 Å². The zero-order valence-electron chi connectivity index (χ0n) is 15.3. The molecule has 2 aromatic rings.